The van der Waals surface area contributed by atoms with Gasteiger partial charge in [0.15, 0.2) is 0 Å². The number of aromatic nitrogens is 1. The van der Waals surface area contributed by atoms with E-state index in [1.807, 2.05) is 12.1 Å². The largest absolute Gasteiger partial charge is 0.374 e. The molecule has 0 radical (unpaired) electrons. The number of fused-ring (bicyclic) bond motifs is 2. The molecule has 1 saturated heterocycles. The molecule has 0 bridgehead atoms. The Morgan fingerprint density at radius 2 is 2.17 bits per heavy atom. The smallest absolute Gasteiger partial charge is 0.222 e. The van der Waals surface area contributed by atoms with E-state index >= 15 is 0 Å². The molecule has 128 valence electrons. The Hall–Kier alpha value is -1.46. The number of rotatable bonds is 4. The Morgan fingerprint density at radius 3 is 3.08 bits per heavy atom. The number of thiazole rings is 1. The second-order valence-corrected chi connectivity index (χ2v) is 7.89. The summed E-state index contributed by atoms with van der Waals surface area (Å²) in [5.74, 6) is 0.302. The lowest BCUT2D eigenvalue weighted by molar-refractivity contribution is -0.149. The van der Waals surface area contributed by atoms with Gasteiger partial charge in [-0.1, -0.05) is 25.0 Å². The van der Waals surface area contributed by atoms with Crippen LogP contribution in [-0.2, 0) is 16.0 Å². The van der Waals surface area contributed by atoms with Crippen molar-refractivity contribution in [2.75, 3.05) is 13.2 Å². The molecule has 2 aliphatic rings. The van der Waals surface area contributed by atoms with Gasteiger partial charge in [-0.05, 0) is 37.8 Å². The molecule has 2 heterocycles. The minimum Gasteiger partial charge on any atom is -0.374 e. The molecular weight excluding hydrogens is 320 g/mol. The van der Waals surface area contributed by atoms with Gasteiger partial charge in [0.05, 0.1) is 34.0 Å². The molecule has 4 rings (SSSR count). The van der Waals surface area contributed by atoms with Gasteiger partial charge < -0.3 is 9.64 Å². The van der Waals surface area contributed by atoms with Crippen LogP contribution >= 0.6 is 11.3 Å². The zero-order chi connectivity index (χ0) is 16.4. The normalized spacial score (nSPS) is 24.1. The fraction of sp³-hybridized carbons (Fsp3) is 0.579. The molecule has 2 fully saturated rings. The minimum atomic E-state index is 0.278. The van der Waals surface area contributed by atoms with Gasteiger partial charge in [0.1, 0.15) is 0 Å². The van der Waals surface area contributed by atoms with Gasteiger partial charge in [-0.3, -0.25) is 4.79 Å². The van der Waals surface area contributed by atoms with E-state index in [0.29, 0.717) is 25.0 Å². The number of ether oxygens (including phenoxy) is 1. The first kappa shape index (κ1) is 16.0. The van der Waals surface area contributed by atoms with Gasteiger partial charge in [-0.2, -0.15) is 0 Å². The molecule has 2 aromatic rings. The second-order valence-electron chi connectivity index (χ2n) is 6.78. The van der Waals surface area contributed by atoms with E-state index in [2.05, 4.69) is 22.0 Å². The summed E-state index contributed by atoms with van der Waals surface area (Å²) < 4.78 is 7.10. The number of morpholine rings is 1. The fourth-order valence-corrected chi connectivity index (χ4v) is 4.98. The van der Waals surface area contributed by atoms with Crippen molar-refractivity contribution in [3.05, 3.63) is 29.3 Å². The van der Waals surface area contributed by atoms with Crippen LogP contribution in [0.25, 0.3) is 10.2 Å². The Morgan fingerprint density at radius 1 is 1.29 bits per heavy atom. The third-order valence-corrected chi connectivity index (χ3v) is 6.27. The molecule has 0 spiro atoms. The molecular formula is C19H24N2O2S. The number of carbonyl (C=O) groups excluding carboxylic acids is 1. The molecule has 0 N–H and O–H groups in total. The molecule has 1 saturated carbocycles. The van der Waals surface area contributed by atoms with Crippen LogP contribution in [0.4, 0.5) is 0 Å². The summed E-state index contributed by atoms with van der Waals surface area (Å²) in [6.45, 7) is 1.46. The van der Waals surface area contributed by atoms with E-state index in [1.165, 1.54) is 17.5 Å². The van der Waals surface area contributed by atoms with Crippen molar-refractivity contribution in [2.45, 2.75) is 57.1 Å². The Bertz CT molecular complexity index is 679. The summed E-state index contributed by atoms with van der Waals surface area (Å²) in [5, 5.41) is 1.14. The number of benzene rings is 1. The van der Waals surface area contributed by atoms with E-state index in [1.54, 1.807) is 11.3 Å². The third-order valence-electron chi connectivity index (χ3n) is 5.17. The fourth-order valence-electron chi connectivity index (χ4n) is 3.97. The average Bonchev–Trinajstić information content (AvgIpc) is 3.04. The average molecular weight is 344 g/mol. The molecule has 1 aromatic carbocycles. The monoisotopic (exact) mass is 344 g/mol. The molecule has 5 heteroatoms. The lowest BCUT2D eigenvalue weighted by atomic mass is 9.90. The van der Waals surface area contributed by atoms with Gasteiger partial charge >= 0.3 is 0 Å². The van der Waals surface area contributed by atoms with E-state index < -0.39 is 0 Å². The number of hydrogen-bond donors (Lipinski definition) is 0. The van der Waals surface area contributed by atoms with E-state index in [-0.39, 0.29) is 6.10 Å². The van der Waals surface area contributed by atoms with Gasteiger partial charge in [-0.25, -0.2) is 4.98 Å². The first-order valence-electron chi connectivity index (χ1n) is 9.07. The maximum Gasteiger partial charge on any atom is 0.222 e. The van der Waals surface area contributed by atoms with Crippen molar-refractivity contribution in [1.29, 1.82) is 0 Å². The van der Waals surface area contributed by atoms with Crippen molar-refractivity contribution in [3.63, 3.8) is 0 Å². The van der Waals surface area contributed by atoms with Crippen LogP contribution in [0.5, 0.6) is 0 Å². The Labute approximate surface area is 146 Å². The first-order chi connectivity index (χ1) is 11.8. The third kappa shape index (κ3) is 3.33. The number of para-hydroxylation sites is 1. The van der Waals surface area contributed by atoms with Crippen LogP contribution in [-0.4, -0.2) is 41.1 Å². The summed E-state index contributed by atoms with van der Waals surface area (Å²) in [6.07, 6.45) is 7.35. The predicted octanol–water partition coefficient (Wildman–Crippen LogP) is 3.79. The highest BCUT2D eigenvalue weighted by atomic mass is 32.1. The van der Waals surface area contributed by atoms with E-state index in [9.17, 15) is 4.79 Å². The minimum absolute atomic E-state index is 0.278. The van der Waals surface area contributed by atoms with Crippen molar-refractivity contribution >= 4 is 27.5 Å². The van der Waals surface area contributed by atoms with Crippen LogP contribution in [0.15, 0.2) is 24.3 Å². The van der Waals surface area contributed by atoms with Gasteiger partial charge in [-0.15, -0.1) is 11.3 Å². The second kappa shape index (κ2) is 7.19. The summed E-state index contributed by atoms with van der Waals surface area (Å²) >= 11 is 1.75. The van der Waals surface area contributed by atoms with Crippen LogP contribution in [0, 0.1) is 0 Å². The van der Waals surface area contributed by atoms with Crippen LogP contribution in [0.1, 0.15) is 43.5 Å². The SMILES string of the molecule is O=C(CCCc1nc2ccccc2s1)N1CCO[C@@H]2CCCC[C@H]21. The highest BCUT2D eigenvalue weighted by Gasteiger charge is 2.36. The number of carbonyl (C=O) groups is 1. The Kier molecular flexibility index (Phi) is 4.81. The summed E-state index contributed by atoms with van der Waals surface area (Å²) in [5.41, 5.74) is 1.07. The van der Waals surface area contributed by atoms with Gasteiger partial charge in [0, 0.05) is 13.0 Å². The lowest BCUT2D eigenvalue weighted by Crippen LogP contribution is -2.54. The molecule has 1 aliphatic heterocycles. The molecule has 0 unspecified atom stereocenters. The molecule has 1 aliphatic carbocycles. The highest BCUT2D eigenvalue weighted by Crippen LogP contribution is 2.29. The van der Waals surface area contributed by atoms with Crippen molar-refractivity contribution < 1.29 is 9.53 Å². The molecule has 1 amide bonds. The quantitative estimate of drug-likeness (QED) is 0.847. The number of hydrogen-bond acceptors (Lipinski definition) is 4. The molecule has 2 atom stereocenters. The number of amides is 1. The molecule has 1 aromatic heterocycles. The van der Waals surface area contributed by atoms with Gasteiger partial charge in [0.25, 0.3) is 0 Å². The van der Waals surface area contributed by atoms with Gasteiger partial charge in [0.2, 0.25) is 5.91 Å². The summed E-state index contributed by atoms with van der Waals surface area (Å²) in [4.78, 5) is 19.4. The Balaban J connectivity index is 1.32. The van der Waals surface area contributed by atoms with Crippen molar-refractivity contribution in [1.82, 2.24) is 9.88 Å². The summed E-state index contributed by atoms with van der Waals surface area (Å²) in [7, 11) is 0. The zero-order valence-electron chi connectivity index (χ0n) is 13.9. The van der Waals surface area contributed by atoms with E-state index in [4.69, 9.17) is 4.74 Å². The first-order valence-corrected chi connectivity index (χ1v) is 9.88. The topological polar surface area (TPSA) is 42.4 Å². The van der Waals surface area contributed by atoms with Crippen LogP contribution in [0.3, 0.4) is 0 Å². The molecule has 24 heavy (non-hydrogen) atoms. The summed E-state index contributed by atoms with van der Waals surface area (Å²) in [6, 6.07) is 8.56. The maximum atomic E-state index is 12.7. The number of nitrogens with zero attached hydrogens (tertiary/aromatic N) is 2. The van der Waals surface area contributed by atoms with Crippen molar-refractivity contribution in [3.8, 4) is 0 Å². The van der Waals surface area contributed by atoms with E-state index in [0.717, 1.165) is 42.8 Å². The maximum absolute atomic E-state index is 12.7. The zero-order valence-corrected chi connectivity index (χ0v) is 14.8. The van der Waals surface area contributed by atoms with Crippen molar-refractivity contribution in [2.24, 2.45) is 0 Å². The lowest BCUT2D eigenvalue weighted by Gasteiger charge is -2.43. The highest BCUT2D eigenvalue weighted by molar-refractivity contribution is 7.18. The number of aryl methyl sites for hydroxylation is 1. The molecule has 4 nitrogen and oxygen atoms in total. The van der Waals surface area contributed by atoms with Crippen LogP contribution in [0.2, 0.25) is 0 Å². The standard InChI is InChI=1S/C19H24N2O2S/c22-19(21-12-13-23-16-8-3-2-7-15(16)21)11-5-10-18-20-14-6-1-4-9-17(14)24-18/h1,4,6,9,15-16H,2-3,5,7-8,10-13H2/t15-,16-/m1/s1. The van der Waals surface area contributed by atoms with Crippen LogP contribution < -0.4 is 0 Å². The predicted molar refractivity (Wildman–Crippen MR) is 96.3 cm³/mol.